The van der Waals surface area contributed by atoms with Gasteiger partial charge in [-0.2, -0.15) is 12.6 Å². The van der Waals surface area contributed by atoms with Crippen LogP contribution in [-0.4, -0.2) is 59.9 Å². The number of rotatable bonds is 7. The molecule has 2 unspecified atom stereocenters. The lowest BCUT2D eigenvalue weighted by atomic mass is 9.71. The molecule has 0 radical (unpaired) electrons. The molecule has 1 fully saturated rings. The van der Waals surface area contributed by atoms with Gasteiger partial charge in [0, 0.05) is 0 Å². The van der Waals surface area contributed by atoms with Crippen molar-refractivity contribution in [2.75, 3.05) is 6.61 Å². The van der Waals surface area contributed by atoms with Crippen LogP contribution in [0.3, 0.4) is 0 Å². The van der Waals surface area contributed by atoms with E-state index in [9.17, 15) is 19.5 Å². The summed E-state index contributed by atoms with van der Waals surface area (Å²) in [4.78, 5) is 37.5. The molecule has 0 aromatic carbocycles. The third kappa shape index (κ3) is 4.27. The lowest BCUT2D eigenvalue weighted by molar-refractivity contribution is -0.179. The third-order valence-corrected chi connectivity index (χ3v) is 7.80. The summed E-state index contributed by atoms with van der Waals surface area (Å²) in [5.74, 6) is -1.29. The number of carbonyl (C=O) groups is 3. The minimum atomic E-state index is -1.70. The Balaban J connectivity index is 2.90. The van der Waals surface area contributed by atoms with Gasteiger partial charge in [-0.25, -0.2) is 9.69 Å². The van der Waals surface area contributed by atoms with Gasteiger partial charge in [0.15, 0.2) is 0 Å². The summed E-state index contributed by atoms with van der Waals surface area (Å²) in [6.45, 7) is 12.7. The highest BCUT2D eigenvalue weighted by atomic mass is 32.1. The van der Waals surface area contributed by atoms with Crippen molar-refractivity contribution in [3.05, 3.63) is 12.7 Å². The maximum absolute atomic E-state index is 12.5. The molecule has 0 bridgehead atoms. The van der Waals surface area contributed by atoms with Gasteiger partial charge in [0.25, 0.3) is 0 Å². The molecule has 1 heterocycles. The maximum atomic E-state index is 12.5. The smallest absolute Gasteiger partial charge is 0.417 e. The first-order valence-corrected chi connectivity index (χ1v) is 12.2. The van der Waals surface area contributed by atoms with Crippen molar-refractivity contribution in [3.8, 4) is 0 Å². The second-order valence-electron chi connectivity index (χ2n) is 7.31. The first kappa shape index (κ1) is 21.7. The molecule has 1 saturated heterocycles. The molecule has 1 aliphatic heterocycles. The molecule has 0 aromatic heterocycles. The zero-order chi connectivity index (χ0) is 19.6. The number of carbonyl (C=O) groups excluding carboxylic acids is 3. The number of esters is 1. The summed E-state index contributed by atoms with van der Waals surface area (Å²) < 4.78 is 10.3. The Labute approximate surface area is 154 Å². The highest BCUT2D eigenvalue weighted by Crippen LogP contribution is 2.47. The second-order valence-corrected chi connectivity index (χ2v) is 13.3. The Morgan fingerprint density at radius 2 is 2.00 bits per heavy atom. The van der Waals surface area contributed by atoms with Crippen LogP contribution in [0.25, 0.3) is 0 Å². The molecular weight excluding hydrogens is 362 g/mol. The van der Waals surface area contributed by atoms with Crippen LogP contribution in [0.15, 0.2) is 12.7 Å². The summed E-state index contributed by atoms with van der Waals surface area (Å²) in [7, 11) is -1.70. The standard InChI is InChI=1S/C16H27NO6SSi/c1-7-8-22-15(21)17-13(20)16(10(2)18,14(17)24)9-12(19)23-11(3)25(4,5)6/h7,10-11,14,18,24H,1,8-9H2,2-6H3/t10?,11?,14-,16+/m1/s1. The van der Waals surface area contributed by atoms with Crippen LogP contribution in [-0.2, 0) is 19.1 Å². The number of thiol groups is 1. The van der Waals surface area contributed by atoms with Crippen molar-refractivity contribution >= 4 is 38.7 Å². The number of likely N-dealkylation sites (tertiary alicyclic amines) is 1. The topological polar surface area (TPSA) is 93.1 Å². The van der Waals surface area contributed by atoms with Crippen LogP contribution in [0.2, 0.25) is 19.6 Å². The minimum Gasteiger partial charge on any atom is -0.467 e. The van der Waals surface area contributed by atoms with Crippen LogP contribution in [0.5, 0.6) is 0 Å². The highest BCUT2D eigenvalue weighted by Gasteiger charge is 2.66. The summed E-state index contributed by atoms with van der Waals surface area (Å²) >= 11 is 4.26. The molecule has 4 atom stereocenters. The van der Waals surface area contributed by atoms with Gasteiger partial charge in [0.2, 0.25) is 5.91 Å². The number of aliphatic hydroxyl groups excluding tert-OH is 1. The Hall–Kier alpha value is -1.32. The van der Waals surface area contributed by atoms with E-state index in [0.717, 1.165) is 4.90 Å². The van der Waals surface area contributed by atoms with Gasteiger partial charge in [0.1, 0.15) is 17.4 Å². The van der Waals surface area contributed by atoms with Crippen molar-refractivity contribution in [2.45, 2.75) is 57.1 Å². The van der Waals surface area contributed by atoms with Crippen LogP contribution in [0, 0.1) is 5.41 Å². The van der Waals surface area contributed by atoms with E-state index >= 15 is 0 Å². The van der Waals surface area contributed by atoms with E-state index in [1.807, 2.05) is 6.92 Å². The number of hydrogen-bond acceptors (Lipinski definition) is 7. The lowest BCUT2D eigenvalue weighted by Crippen LogP contribution is -2.72. The van der Waals surface area contributed by atoms with Gasteiger partial charge in [-0.15, -0.1) is 0 Å². The fourth-order valence-corrected chi connectivity index (χ4v) is 3.46. The molecule has 0 aromatic rings. The van der Waals surface area contributed by atoms with Crippen molar-refractivity contribution in [1.82, 2.24) is 4.90 Å². The van der Waals surface area contributed by atoms with E-state index in [1.54, 1.807) is 0 Å². The normalized spacial score (nSPS) is 25.6. The van der Waals surface area contributed by atoms with Crippen molar-refractivity contribution < 1.29 is 29.0 Å². The van der Waals surface area contributed by atoms with Crippen LogP contribution in [0.1, 0.15) is 20.3 Å². The van der Waals surface area contributed by atoms with Crippen molar-refractivity contribution in [3.63, 3.8) is 0 Å². The van der Waals surface area contributed by atoms with E-state index in [2.05, 4.69) is 38.8 Å². The van der Waals surface area contributed by atoms with Crippen molar-refractivity contribution in [1.29, 1.82) is 0 Å². The quantitative estimate of drug-likeness (QED) is 0.227. The van der Waals surface area contributed by atoms with Gasteiger partial charge >= 0.3 is 12.1 Å². The Kier molecular flexibility index (Phi) is 6.88. The molecule has 1 N–H and O–H groups in total. The molecule has 2 amide bonds. The molecule has 1 aliphatic rings. The monoisotopic (exact) mass is 389 g/mol. The summed E-state index contributed by atoms with van der Waals surface area (Å²) in [6.07, 6.45) is -1.05. The van der Waals surface area contributed by atoms with Gasteiger partial charge in [-0.1, -0.05) is 32.3 Å². The van der Waals surface area contributed by atoms with E-state index in [0.29, 0.717) is 0 Å². The van der Waals surface area contributed by atoms with E-state index in [1.165, 1.54) is 13.0 Å². The molecular formula is C16H27NO6SSi. The largest absolute Gasteiger partial charge is 0.467 e. The number of ether oxygens (including phenoxy) is 2. The number of amides is 2. The zero-order valence-corrected chi connectivity index (χ0v) is 17.2. The highest BCUT2D eigenvalue weighted by molar-refractivity contribution is 7.81. The summed E-state index contributed by atoms with van der Waals surface area (Å²) in [5, 5.41) is 9.14. The first-order valence-electron chi connectivity index (χ1n) is 8.06. The third-order valence-electron chi connectivity index (χ3n) is 4.55. The van der Waals surface area contributed by atoms with Gasteiger partial charge < -0.3 is 14.6 Å². The van der Waals surface area contributed by atoms with Crippen LogP contribution >= 0.6 is 12.6 Å². The fourth-order valence-electron chi connectivity index (χ4n) is 2.36. The molecule has 0 saturated carbocycles. The fraction of sp³-hybridized carbons (Fsp3) is 0.688. The number of aliphatic hydroxyl groups is 1. The van der Waals surface area contributed by atoms with E-state index in [-0.39, 0.29) is 18.8 Å². The second kappa shape index (κ2) is 7.92. The van der Waals surface area contributed by atoms with Crippen LogP contribution < -0.4 is 0 Å². The predicted octanol–water partition coefficient (Wildman–Crippen LogP) is 1.97. The Bertz CT molecular complexity index is 561. The number of imide groups is 1. The van der Waals surface area contributed by atoms with Crippen molar-refractivity contribution in [2.24, 2.45) is 5.41 Å². The van der Waals surface area contributed by atoms with Crippen LogP contribution in [0.4, 0.5) is 4.79 Å². The Morgan fingerprint density at radius 3 is 2.40 bits per heavy atom. The number of nitrogens with zero attached hydrogens (tertiary/aromatic N) is 1. The molecule has 7 nitrogen and oxygen atoms in total. The predicted molar refractivity (Wildman–Crippen MR) is 98.8 cm³/mol. The summed E-state index contributed by atoms with van der Waals surface area (Å²) in [5.41, 5.74) is -1.75. The molecule has 25 heavy (non-hydrogen) atoms. The SMILES string of the molecule is C=CCOC(=O)N1C(=O)[C@](CC(=O)OC(C)[Si](C)(C)C)(C(C)O)[C@H]1S. The summed E-state index contributed by atoms with van der Waals surface area (Å²) in [6, 6.07) is 0. The maximum Gasteiger partial charge on any atom is 0.417 e. The lowest BCUT2D eigenvalue weighted by Gasteiger charge is -2.52. The van der Waals surface area contributed by atoms with Gasteiger partial charge in [0.05, 0.1) is 26.3 Å². The average molecular weight is 390 g/mol. The van der Waals surface area contributed by atoms with E-state index in [4.69, 9.17) is 9.47 Å². The van der Waals surface area contributed by atoms with Gasteiger partial charge in [-0.3, -0.25) is 9.59 Å². The number of β-lactam (4-membered cyclic amide) rings is 1. The first-order chi connectivity index (χ1) is 11.4. The zero-order valence-electron chi connectivity index (χ0n) is 15.3. The Morgan fingerprint density at radius 1 is 1.44 bits per heavy atom. The molecule has 0 aliphatic carbocycles. The molecule has 142 valence electrons. The average Bonchev–Trinajstić information content (AvgIpc) is 2.49. The molecule has 1 rings (SSSR count). The van der Waals surface area contributed by atoms with E-state index < -0.39 is 42.9 Å². The van der Waals surface area contributed by atoms with Gasteiger partial charge in [-0.05, 0) is 13.8 Å². The molecule has 9 heteroatoms. The molecule has 0 spiro atoms. The number of hydrogen-bond donors (Lipinski definition) is 2. The minimum absolute atomic E-state index is 0.0550.